The largest absolute Gasteiger partial charge is 0.477 e. The van der Waals surface area contributed by atoms with Gasteiger partial charge < -0.3 is 20.5 Å². The number of pyridine rings is 1. The molecule has 0 aliphatic carbocycles. The average molecular weight is 371 g/mol. The van der Waals surface area contributed by atoms with Crippen molar-refractivity contribution in [1.82, 2.24) is 10.3 Å². The molecule has 0 aliphatic rings. The highest BCUT2D eigenvalue weighted by molar-refractivity contribution is 6.05. The number of hydrogen-bond donors (Lipinski definition) is 3. The molecule has 2 aromatic rings. The van der Waals surface area contributed by atoms with E-state index >= 15 is 0 Å². The number of carboxylic acid groups (broad SMARTS) is 1. The molecule has 27 heavy (non-hydrogen) atoms. The predicted molar refractivity (Wildman–Crippen MR) is 99.0 cm³/mol. The lowest BCUT2D eigenvalue weighted by molar-refractivity contribution is 0.0689. The fourth-order valence-electron chi connectivity index (χ4n) is 2.22. The van der Waals surface area contributed by atoms with Crippen LogP contribution >= 0.6 is 0 Å². The molecule has 0 radical (unpaired) electrons. The SMILES string of the molecule is CCOCCCNC(=O)c1cccc(NC(=O)c2ccc(C(=O)O)nc2)c1. The molecule has 1 aromatic carbocycles. The van der Waals surface area contributed by atoms with Crippen molar-refractivity contribution >= 4 is 23.5 Å². The second kappa shape index (κ2) is 10.0. The summed E-state index contributed by atoms with van der Waals surface area (Å²) in [5, 5.41) is 14.3. The zero-order chi connectivity index (χ0) is 19.6. The van der Waals surface area contributed by atoms with Gasteiger partial charge in [-0.05, 0) is 43.7 Å². The first-order valence-electron chi connectivity index (χ1n) is 8.48. The fraction of sp³-hybridized carbons (Fsp3) is 0.263. The second-order valence-corrected chi connectivity index (χ2v) is 5.58. The third-order valence-electron chi connectivity index (χ3n) is 3.58. The van der Waals surface area contributed by atoms with Gasteiger partial charge in [-0.1, -0.05) is 6.07 Å². The van der Waals surface area contributed by atoms with E-state index in [-0.39, 0.29) is 17.2 Å². The summed E-state index contributed by atoms with van der Waals surface area (Å²) in [7, 11) is 0. The van der Waals surface area contributed by atoms with E-state index < -0.39 is 11.9 Å². The number of hydrogen-bond acceptors (Lipinski definition) is 5. The Kier molecular flexibility index (Phi) is 7.45. The Morgan fingerprint density at radius 1 is 1.11 bits per heavy atom. The molecule has 0 saturated heterocycles. The summed E-state index contributed by atoms with van der Waals surface area (Å²) < 4.78 is 5.21. The van der Waals surface area contributed by atoms with Crippen LogP contribution in [0.1, 0.15) is 44.5 Å². The van der Waals surface area contributed by atoms with Crippen molar-refractivity contribution in [2.45, 2.75) is 13.3 Å². The molecule has 0 aliphatic heterocycles. The van der Waals surface area contributed by atoms with Crippen molar-refractivity contribution in [2.24, 2.45) is 0 Å². The summed E-state index contributed by atoms with van der Waals surface area (Å²) >= 11 is 0. The summed E-state index contributed by atoms with van der Waals surface area (Å²) in [6.45, 7) is 3.64. The minimum atomic E-state index is -1.16. The van der Waals surface area contributed by atoms with Gasteiger partial charge in [0.05, 0.1) is 5.56 Å². The number of carbonyl (C=O) groups is 3. The minimum absolute atomic E-state index is 0.144. The van der Waals surface area contributed by atoms with Gasteiger partial charge in [-0.25, -0.2) is 9.78 Å². The summed E-state index contributed by atoms with van der Waals surface area (Å²) in [5.74, 6) is -1.86. The predicted octanol–water partition coefficient (Wildman–Crippen LogP) is 2.19. The molecule has 1 heterocycles. The molecule has 0 bridgehead atoms. The molecule has 2 amide bonds. The van der Waals surface area contributed by atoms with E-state index in [4.69, 9.17) is 9.84 Å². The van der Waals surface area contributed by atoms with Crippen LogP contribution in [-0.4, -0.2) is 47.6 Å². The lowest BCUT2D eigenvalue weighted by Gasteiger charge is -2.09. The van der Waals surface area contributed by atoms with Crippen LogP contribution in [0.25, 0.3) is 0 Å². The monoisotopic (exact) mass is 371 g/mol. The van der Waals surface area contributed by atoms with Crippen molar-refractivity contribution in [3.8, 4) is 0 Å². The van der Waals surface area contributed by atoms with E-state index in [1.54, 1.807) is 24.3 Å². The maximum absolute atomic E-state index is 12.2. The second-order valence-electron chi connectivity index (χ2n) is 5.58. The van der Waals surface area contributed by atoms with Crippen LogP contribution in [0.2, 0.25) is 0 Å². The van der Waals surface area contributed by atoms with E-state index in [0.29, 0.717) is 31.0 Å². The summed E-state index contributed by atoms with van der Waals surface area (Å²) in [6, 6.07) is 9.16. The number of ether oxygens (including phenoxy) is 1. The molecule has 8 nitrogen and oxygen atoms in total. The van der Waals surface area contributed by atoms with E-state index in [1.165, 1.54) is 18.3 Å². The van der Waals surface area contributed by atoms with Gasteiger partial charge in [0.1, 0.15) is 5.69 Å². The normalized spacial score (nSPS) is 10.3. The highest BCUT2D eigenvalue weighted by atomic mass is 16.5. The van der Waals surface area contributed by atoms with E-state index in [0.717, 1.165) is 6.42 Å². The molecule has 0 saturated carbocycles. The molecular weight excluding hydrogens is 350 g/mol. The van der Waals surface area contributed by atoms with Crippen LogP contribution in [-0.2, 0) is 4.74 Å². The number of nitrogens with zero attached hydrogens (tertiary/aromatic N) is 1. The van der Waals surface area contributed by atoms with Gasteiger partial charge in [0.15, 0.2) is 0 Å². The standard InChI is InChI=1S/C19H21N3O5/c1-2-27-10-4-9-20-17(23)13-5-3-6-15(11-13)22-18(24)14-7-8-16(19(25)26)21-12-14/h3,5-8,11-12H,2,4,9-10H2,1H3,(H,20,23)(H,22,24)(H,25,26). The Bertz CT molecular complexity index is 805. The molecular formula is C19H21N3O5. The fourth-order valence-corrected chi connectivity index (χ4v) is 2.22. The van der Waals surface area contributed by atoms with Crippen molar-refractivity contribution < 1.29 is 24.2 Å². The smallest absolute Gasteiger partial charge is 0.354 e. The third kappa shape index (κ3) is 6.19. The molecule has 0 fully saturated rings. The molecule has 0 atom stereocenters. The molecule has 1 aromatic heterocycles. The van der Waals surface area contributed by atoms with Crippen LogP contribution in [0, 0.1) is 0 Å². The highest BCUT2D eigenvalue weighted by Gasteiger charge is 2.11. The Morgan fingerprint density at radius 3 is 2.59 bits per heavy atom. The zero-order valence-electron chi connectivity index (χ0n) is 14.9. The summed E-state index contributed by atoms with van der Waals surface area (Å²) in [6.07, 6.45) is 1.91. The van der Waals surface area contributed by atoms with Crippen molar-refractivity contribution in [3.05, 3.63) is 59.4 Å². The van der Waals surface area contributed by atoms with Gasteiger partial charge in [-0.3, -0.25) is 9.59 Å². The number of anilines is 1. The zero-order valence-corrected chi connectivity index (χ0v) is 14.9. The number of amides is 2. The van der Waals surface area contributed by atoms with Crippen molar-refractivity contribution in [2.75, 3.05) is 25.1 Å². The molecule has 2 rings (SSSR count). The third-order valence-corrected chi connectivity index (χ3v) is 3.58. The first-order chi connectivity index (χ1) is 13.0. The van der Waals surface area contributed by atoms with Crippen LogP contribution in [0.15, 0.2) is 42.6 Å². The van der Waals surface area contributed by atoms with Gasteiger partial charge in [0.25, 0.3) is 11.8 Å². The van der Waals surface area contributed by atoms with Gasteiger partial charge in [-0.15, -0.1) is 0 Å². The molecule has 0 unspecified atom stereocenters. The number of benzene rings is 1. The van der Waals surface area contributed by atoms with E-state index in [9.17, 15) is 14.4 Å². The van der Waals surface area contributed by atoms with Crippen LogP contribution in [0.5, 0.6) is 0 Å². The highest BCUT2D eigenvalue weighted by Crippen LogP contribution is 2.12. The van der Waals surface area contributed by atoms with Crippen LogP contribution in [0.4, 0.5) is 5.69 Å². The Morgan fingerprint density at radius 2 is 1.93 bits per heavy atom. The summed E-state index contributed by atoms with van der Waals surface area (Å²) in [5.41, 5.74) is 0.938. The maximum Gasteiger partial charge on any atom is 0.354 e. The Hall–Kier alpha value is -3.26. The Balaban J connectivity index is 1.95. The number of aromatic nitrogens is 1. The number of rotatable bonds is 9. The minimum Gasteiger partial charge on any atom is -0.477 e. The lowest BCUT2D eigenvalue weighted by atomic mass is 10.1. The van der Waals surface area contributed by atoms with Gasteiger partial charge in [0.2, 0.25) is 0 Å². The molecule has 142 valence electrons. The topological polar surface area (TPSA) is 118 Å². The number of nitrogens with one attached hydrogen (secondary N) is 2. The Labute approximate surface area is 156 Å². The van der Waals surface area contributed by atoms with Crippen molar-refractivity contribution in [1.29, 1.82) is 0 Å². The van der Waals surface area contributed by atoms with Crippen LogP contribution < -0.4 is 10.6 Å². The molecule has 3 N–H and O–H groups in total. The number of carbonyl (C=O) groups excluding carboxylic acids is 2. The van der Waals surface area contributed by atoms with E-state index in [1.807, 2.05) is 6.92 Å². The van der Waals surface area contributed by atoms with Crippen LogP contribution in [0.3, 0.4) is 0 Å². The molecule has 0 spiro atoms. The lowest BCUT2D eigenvalue weighted by Crippen LogP contribution is -2.25. The summed E-state index contributed by atoms with van der Waals surface area (Å²) in [4.78, 5) is 38.9. The van der Waals surface area contributed by atoms with Gasteiger partial charge in [0, 0.05) is 37.2 Å². The average Bonchev–Trinajstić information content (AvgIpc) is 2.68. The van der Waals surface area contributed by atoms with Gasteiger partial charge >= 0.3 is 5.97 Å². The molecule has 8 heteroatoms. The first-order valence-corrected chi connectivity index (χ1v) is 8.48. The quantitative estimate of drug-likeness (QED) is 0.582. The number of carboxylic acids is 1. The van der Waals surface area contributed by atoms with E-state index in [2.05, 4.69) is 15.6 Å². The number of aromatic carboxylic acids is 1. The maximum atomic E-state index is 12.2. The first kappa shape index (κ1) is 20.1. The van der Waals surface area contributed by atoms with Gasteiger partial charge in [-0.2, -0.15) is 0 Å². The van der Waals surface area contributed by atoms with Crippen molar-refractivity contribution in [3.63, 3.8) is 0 Å².